The van der Waals surface area contributed by atoms with Crippen LogP contribution in [0.3, 0.4) is 0 Å². The van der Waals surface area contributed by atoms with Crippen LogP contribution in [-0.2, 0) is 11.2 Å². The van der Waals surface area contributed by atoms with Crippen LogP contribution in [0.4, 0.5) is 4.39 Å². The standard InChI is InChI=1S/C16H24FN3O/c1-19(2)14-7-9-20(10-8-14)16(21)15(18)11-12-3-5-13(17)6-4-12/h3-6,14-15H,7-11,18H2,1-2H3/t15-/m0/s1. The molecule has 0 unspecified atom stereocenters. The number of carbonyl (C=O) groups is 1. The van der Waals surface area contributed by atoms with Gasteiger partial charge in [-0.2, -0.15) is 0 Å². The van der Waals surface area contributed by atoms with Gasteiger partial charge in [-0.3, -0.25) is 4.79 Å². The minimum absolute atomic E-state index is 0.00321. The maximum atomic E-state index is 12.9. The van der Waals surface area contributed by atoms with Crippen molar-refractivity contribution in [3.05, 3.63) is 35.6 Å². The van der Waals surface area contributed by atoms with E-state index in [1.165, 1.54) is 12.1 Å². The number of hydrogen-bond acceptors (Lipinski definition) is 3. The minimum Gasteiger partial charge on any atom is -0.341 e. The van der Waals surface area contributed by atoms with Crippen molar-refractivity contribution in [2.45, 2.75) is 31.3 Å². The van der Waals surface area contributed by atoms with Crippen LogP contribution in [0.15, 0.2) is 24.3 Å². The van der Waals surface area contributed by atoms with Gasteiger partial charge in [0.05, 0.1) is 6.04 Å². The van der Waals surface area contributed by atoms with Gasteiger partial charge < -0.3 is 15.5 Å². The summed E-state index contributed by atoms with van der Waals surface area (Å²) in [6, 6.07) is 6.15. The summed E-state index contributed by atoms with van der Waals surface area (Å²) in [6.45, 7) is 1.53. The molecule has 1 aliphatic rings. The van der Waals surface area contributed by atoms with Crippen molar-refractivity contribution in [2.24, 2.45) is 5.73 Å². The molecule has 1 aromatic rings. The molecular weight excluding hydrogens is 269 g/mol. The predicted octanol–water partition coefficient (Wildman–Crippen LogP) is 1.25. The lowest BCUT2D eigenvalue weighted by molar-refractivity contribution is -0.134. The van der Waals surface area contributed by atoms with Crippen LogP contribution in [0.2, 0.25) is 0 Å². The molecule has 0 aromatic heterocycles. The van der Waals surface area contributed by atoms with Gasteiger partial charge in [0.2, 0.25) is 5.91 Å². The average molecular weight is 293 g/mol. The molecular formula is C16H24FN3O. The first kappa shape index (κ1) is 15.9. The highest BCUT2D eigenvalue weighted by atomic mass is 19.1. The predicted molar refractivity (Wildman–Crippen MR) is 81.4 cm³/mol. The Kier molecular flexibility index (Phi) is 5.31. The Labute approximate surface area is 125 Å². The number of nitrogens with two attached hydrogens (primary N) is 1. The number of rotatable bonds is 4. The number of hydrogen-bond donors (Lipinski definition) is 1. The highest BCUT2D eigenvalue weighted by molar-refractivity contribution is 5.82. The average Bonchev–Trinajstić information content (AvgIpc) is 2.49. The summed E-state index contributed by atoms with van der Waals surface area (Å²) >= 11 is 0. The zero-order valence-electron chi connectivity index (χ0n) is 12.8. The van der Waals surface area contributed by atoms with Gasteiger partial charge in [0.25, 0.3) is 0 Å². The Morgan fingerprint density at radius 2 is 1.90 bits per heavy atom. The lowest BCUT2D eigenvalue weighted by atomic mass is 10.0. The van der Waals surface area contributed by atoms with Gasteiger partial charge in [-0.15, -0.1) is 0 Å². The largest absolute Gasteiger partial charge is 0.341 e. The van der Waals surface area contributed by atoms with E-state index in [-0.39, 0.29) is 11.7 Å². The van der Waals surface area contributed by atoms with E-state index in [9.17, 15) is 9.18 Å². The van der Waals surface area contributed by atoms with Crippen molar-refractivity contribution in [2.75, 3.05) is 27.2 Å². The molecule has 5 heteroatoms. The van der Waals surface area contributed by atoms with Crippen LogP contribution < -0.4 is 5.73 Å². The van der Waals surface area contributed by atoms with Crippen molar-refractivity contribution in [3.8, 4) is 0 Å². The summed E-state index contributed by atoms with van der Waals surface area (Å²) in [5.41, 5.74) is 6.91. The fourth-order valence-electron chi connectivity index (χ4n) is 2.80. The quantitative estimate of drug-likeness (QED) is 0.909. The number of nitrogens with zero attached hydrogens (tertiary/aromatic N) is 2. The van der Waals surface area contributed by atoms with E-state index in [1.807, 2.05) is 4.90 Å². The number of carbonyl (C=O) groups excluding carboxylic acids is 1. The first-order valence-corrected chi connectivity index (χ1v) is 7.42. The molecule has 116 valence electrons. The summed E-state index contributed by atoms with van der Waals surface area (Å²) in [6.07, 6.45) is 2.43. The fraction of sp³-hybridized carbons (Fsp3) is 0.562. The molecule has 2 rings (SSSR count). The Morgan fingerprint density at radius 3 is 2.43 bits per heavy atom. The molecule has 21 heavy (non-hydrogen) atoms. The second-order valence-electron chi connectivity index (χ2n) is 5.96. The van der Waals surface area contributed by atoms with Crippen LogP contribution in [0, 0.1) is 5.82 Å². The van der Waals surface area contributed by atoms with Gasteiger partial charge in [-0.25, -0.2) is 4.39 Å². The molecule has 1 fully saturated rings. The van der Waals surface area contributed by atoms with Crippen LogP contribution in [0.1, 0.15) is 18.4 Å². The van der Waals surface area contributed by atoms with Crippen LogP contribution in [-0.4, -0.2) is 55.0 Å². The number of benzene rings is 1. The molecule has 1 heterocycles. The van der Waals surface area contributed by atoms with E-state index in [4.69, 9.17) is 5.73 Å². The number of halogens is 1. The molecule has 4 nitrogen and oxygen atoms in total. The van der Waals surface area contributed by atoms with E-state index in [0.717, 1.165) is 31.5 Å². The zero-order chi connectivity index (χ0) is 15.4. The Bertz CT molecular complexity index is 467. The van der Waals surface area contributed by atoms with Gasteiger partial charge in [-0.1, -0.05) is 12.1 Å². The SMILES string of the molecule is CN(C)C1CCN(C(=O)[C@@H](N)Cc2ccc(F)cc2)CC1. The highest BCUT2D eigenvalue weighted by Gasteiger charge is 2.27. The lowest BCUT2D eigenvalue weighted by Crippen LogP contribution is -2.50. The molecule has 1 aliphatic heterocycles. The van der Waals surface area contributed by atoms with Gasteiger partial charge in [0.15, 0.2) is 0 Å². The van der Waals surface area contributed by atoms with Gasteiger partial charge in [-0.05, 0) is 51.1 Å². The van der Waals surface area contributed by atoms with Gasteiger partial charge in [0, 0.05) is 19.1 Å². The van der Waals surface area contributed by atoms with Gasteiger partial charge >= 0.3 is 0 Å². The molecule has 1 atom stereocenters. The number of likely N-dealkylation sites (tertiary alicyclic amines) is 1. The molecule has 1 amide bonds. The maximum Gasteiger partial charge on any atom is 0.239 e. The first-order chi connectivity index (χ1) is 9.97. The number of amides is 1. The number of piperidine rings is 1. The van der Waals surface area contributed by atoms with E-state index in [2.05, 4.69) is 19.0 Å². The fourth-order valence-corrected chi connectivity index (χ4v) is 2.80. The Hall–Kier alpha value is -1.46. The third-order valence-electron chi connectivity index (χ3n) is 4.19. The second-order valence-corrected chi connectivity index (χ2v) is 5.96. The molecule has 1 saturated heterocycles. The third kappa shape index (κ3) is 4.25. The summed E-state index contributed by atoms with van der Waals surface area (Å²) in [7, 11) is 4.14. The van der Waals surface area contributed by atoms with Crippen molar-refractivity contribution >= 4 is 5.91 Å². The smallest absolute Gasteiger partial charge is 0.239 e. The summed E-state index contributed by atoms with van der Waals surface area (Å²) < 4.78 is 12.9. The topological polar surface area (TPSA) is 49.6 Å². The van der Waals surface area contributed by atoms with Crippen molar-refractivity contribution in [3.63, 3.8) is 0 Å². The first-order valence-electron chi connectivity index (χ1n) is 7.42. The Morgan fingerprint density at radius 1 is 1.33 bits per heavy atom. The Balaban J connectivity index is 1.87. The molecule has 0 radical (unpaired) electrons. The van der Waals surface area contributed by atoms with Crippen molar-refractivity contribution in [1.82, 2.24) is 9.80 Å². The molecule has 0 aliphatic carbocycles. The van der Waals surface area contributed by atoms with E-state index < -0.39 is 6.04 Å². The molecule has 0 saturated carbocycles. The van der Waals surface area contributed by atoms with Crippen LogP contribution >= 0.6 is 0 Å². The van der Waals surface area contributed by atoms with Crippen molar-refractivity contribution < 1.29 is 9.18 Å². The van der Waals surface area contributed by atoms with Crippen LogP contribution in [0.25, 0.3) is 0 Å². The molecule has 2 N–H and O–H groups in total. The van der Waals surface area contributed by atoms with Gasteiger partial charge in [0.1, 0.15) is 5.82 Å². The van der Waals surface area contributed by atoms with E-state index >= 15 is 0 Å². The molecule has 0 bridgehead atoms. The summed E-state index contributed by atoms with van der Waals surface area (Å²) in [4.78, 5) is 16.4. The molecule has 1 aromatic carbocycles. The summed E-state index contributed by atoms with van der Waals surface area (Å²) in [5.74, 6) is -0.277. The lowest BCUT2D eigenvalue weighted by Gasteiger charge is -2.36. The second kappa shape index (κ2) is 7.00. The van der Waals surface area contributed by atoms with Crippen LogP contribution in [0.5, 0.6) is 0 Å². The molecule has 0 spiro atoms. The zero-order valence-corrected chi connectivity index (χ0v) is 12.8. The van der Waals surface area contributed by atoms with Crippen molar-refractivity contribution in [1.29, 1.82) is 0 Å². The maximum absolute atomic E-state index is 12.9. The normalized spacial score (nSPS) is 18.0. The monoisotopic (exact) mass is 293 g/mol. The van der Waals surface area contributed by atoms with E-state index in [1.54, 1.807) is 12.1 Å². The summed E-state index contributed by atoms with van der Waals surface area (Å²) in [5, 5.41) is 0. The third-order valence-corrected chi connectivity index (χ3v) is 4.19. The highest BCUT2D eigenvalue weighted by Crippen LogP contribution is 2.15. The van der Waals surface area contributed by atoms with E-state index in [0.29, 0.717) is 12.5 Å². The minimum atomic E-state index is -0.550.